The van der Waals surface area contributed by atoms with Crippen LogP contribution in [-0.2, 0) is 11.3 Å². The normalized spacial score (nSPS) is 13.7. The summed E-state index contributed by atoms with van der Waals surface area (Å²) in [6.45, 7) is 5.57. The molecule has 1 aliphatic rings. The predicted octanol–water partition coefficient (Wildman–Crippen LogP) is 6.41. The van der Waals surface area contributed by atoms with Crippen molar-refractivity contribution in [1.82, 2.24) is 14.9 Å². The summed E-state index contributed by atoms with van der Waals surface area (Å²) >= 11 is 0. The number of aliphatic hydroxyl groups excluding tert-OH is 1. The maximum Gasteiger partial charge on any atom is 0.336 e. The first kappa shape index (κ1) is 29.4. The van der Waals surface area contributed by atoms with Gasteiger partial charge in [0.05, 0.1) is 36.5 Å². The van der Waals surface area contributed by atoms with Crippen molar-refractivity contribution in [1.29, 1.82) is 0 Å². The molecule has 1 fully saturated rings. The summed E-state index contributed by atoms with van der Waals surface area (Å²) < 4.78 is 41.9. The van der Waals surface area contributed by atoms with Gasteiger partial charge >= 0.3 is 5.97 Å². The number of aliphatic hydroxyl groups is 1. The Morgan fingerprint density at radius 3 is 2.36 bits per heavy atom. The molecule has 8 nitrogen and oxygen atoms in total. The lowest BCUT2D eigenvalue weighted by molar-refractivity contribution is 0.000500. The molecule has 226 valence electrons. The number of imidazole rings is 1. The first-order valence-electron chi connectivity index (χ1n) is 14.3. The smallest absolute Gasteiger partial charge is 0.336 e. The molecule has 44 heavy (non-hydrogen) atoms. The Morgan fingerprint density at radius 1 is 1.00 bits per heavy atom. The maximum atomic E-state index is 15.6. The third-order valence-electron chi connectivity index (χ3n) is 7.79. The van der Waals surface area contributed by atoms with E-state index in [0.29, 0.717) is 30.3 Å². The van der Waals surface area contributed by atoms with Gasteiger partial charge in [-0.1, -0.05) is 54.6 Å². The Morgan fingerprint density at radius 2 is 1.68 bits per heavy atom. The van der Waals surface area contributed by atoms with Crippen molar-refractivity contribution in [2.24, 2.45) is 5.92 Å². The average molecular weight is 600 g/mol. The number of carbonyl (C=O) groups is 1. The summed E-state index contributed by atoms with van der Waals surface area (Å²) in [4.78, 5) is 20.7. The van der Waals surface area contributed by atoms with Crippen LogP contribution in [0, 0.1) is 24.5 Å². The number of aromatic carboxylic acids is 1. The van der Waals surface area contributed by atoms with Gasteiger partial charge < -0.3 is 24.7 Å². The number of rotatable bonds is 11. The Bertz CT molecular complexity index is 1800. The standard InChI is InChI=1S/C34H31F2N3O5/c1-20-2-11-26(14-27(20)33(41)42)44-34-37-29-15-28(35)30(31(36)32(29)38-34)25-9-7-24(8-10-25)23-5-3-21(4-6-23)16-39-17-22(18-39)19-43-13-12-40/h2-11,14-15,22,40H,12-13,16-19H2,1H3,(H,37,38)(H,41,42). The number of halogens is 2. The number of hydrogen-bond acceptors (Lipinski definition) is 6. The number of benzene rings is 4. The number of carboxylic acid groups (broad SMARTS) is 1. The molecule has 0 spiro atoms. The fourth-order valence-corrected chi connectivity index (χ4v) is 5.49. The Labute approximate surface area is 252 Å². The molecule has 4 aromatic carbocycles. The molecule has 1 aliphatic heterocycles. The van der Waals surface area contributed by atoms with Crippen LogP contribution in [0.5, 0.6) is 11.8 Å². The van der Waals surface area contributed by atoms with Crippen LogP contribution >= 0.6 is 0 Å². The van der Waals surface area contributed by atoms with E-state index in [4.69, 9.17) is 14.6 Å². The number of carboxylic acids is 1. The van der Waals surface area contributed by atoms with Gasteiger partial charge in [0, 0.05) is 31.6 Å². The number of hydrogen-bond donors (Lipinski definition) is 3. The SMILES string of the molecule is Cc1ccc(Oc2nc3c(F)c(-c4ccc(-c5ccc(CN6CC(COCCO)C6)cc5)cc4)c(F)cc3[nH]2)cc1C(=O)O. The average Bonchev–Trinajstić information content (AvgIpc) is 3.40. The molecule has 10 heteroatoms. The number of H-pyrrole nitrogens is 1. The summed E-state index contributed by atoms with van der Waals surface area (Å²) in [6, 6.07) is 20.9. The quantitative estimate of drug-likeness (QED) is 0.151. The minimum atomic E-state index is -1.10. The summed E-state index contributed by atoms with van der Waals surface area (Å²) in [7, 11) is 0. The number of aromatic nitrogens is 2. The molecule has 2 heterocycles. The van der Waals surface area contributed by atoms with Gasteiger partial charge in [-0.3, -0.25) is 4.90 Å². The third-order valence-corrected chi connectivity index (χ3v) is 7.79. The summed E-state index contributed by atoms with van der Waals surface area (Å²) in [5.41, 5.74) is 3.94. The molecule has 6 rings (SSSR count). The topological polar surface area (TPSA) is 108 Å². The molecular formula is C34H31F2N3O5. The van der Waals surface area contributed by atoms with E-state index in [9.17, 15) is 9.90 Å². The number of ether oxygens (including phenoxy) is 2. The lowest BCUT2D eigenvalue weighted by Gasteiger charge is -2.39. The zero-order valence-electron chi connectivity index (χ0n) is 24.0. The summed E-state index contributed by atoms with van der Waals surface area (Å²) in [6.07, 6.45) is 0. The Hall–Kier alpha value is -4.64. The van der Waals surface area contributed by atoms with Crippen LogP contribution in [0.25, 0.3) is 33.3 Å². The lowest BCUT2D eigenvalue weighted by Crippen LogP contribution is -2.48. The van der Waals surface area contributed by atoms with Gasteiger partial charge in [-0.25, -0.2) is 13.6 Å². The number of likely N-dealkylation sites (tertiary alicyclic amines) is 1. The molecule has 0 saturated carbocycles. The van der Waals surface area contributed by atoms with E-state index in [-0.39, 0.29) is 40.5 Å². The zero-order valence-corrected chi connectivity index (χ0v) is 24.0. The van der Waals surface area contributed by atoms with Gasteiger partial charge in [0.25, 0.3) is 6.01 Å². The van der Waals surface area contributed by atoms with E-state index in [2.05, 4.69) is 27.0 Å². The minimum Gasteiger partial charge on any atom is -0.478 e. The molecule has 1 aromatic heterocycles. The maximum absolute atomic E-state index is 15.6. The van der Waals surface area contributed by atoms with E-state index < -0.39 is 17.6 Å². The van der Waals surface area contributed by atoms with Crippen LogP contribution in [0.15, 0.2) is 72.8 Å². The van der Waals surface area contributed by atoms with E-state index in [1.54, 1.807) is 31.2 Å². The van der Waals surface area contributed by atoms with Crippen LogP contribution in [0.3, 0.4) is 0 Å². The van der Waals surface area contributed by atoms with Gasteiger partial charge in [0.15, 0.2) is 5.82 Å². The second-order valence-corrected chi connectivity index (χ2v) is 11.0. The van der Waals surface area contributed by atoms with E-state index >= 15 is 8.78 Å². The number of aromatic amines is 1. The molecule has 5 aromatic rings. The number of aryl methyl sites for hydroxylation is 1. The van der Waals surface area contributed by atoms with Crippen LogP contribution < -0.4 is 4.74 Å². The molecule has 0 amide bonds. The van der Waals surface area contributed by atoms with Crippen molar-refractivity contribution in [2.75, 3.05) is 32.9 Å². The van der Waals surface area contributed by atoms with Gasteiger partial charge in [-0.2, -0.15) is 4.98 Å². The van der Waals surface area contributed by atoms with Gasteiger partial charge in [0.1, 0.15) is 17.1 Å². The number of nitrogens with one attached hydrogen (secondary N) is 1. The fourth-order valence-electron chi connectivity index (χ4n) is 5.49. The molecule has 1 saturated heterocycles. The highest BCUT2D eigenvalue weighted by Gasteiger charge is 2.26. The Kier molecular flexibility index (Phi) is 8.38. The van der Waals surface area contributed by atoms with Crippen molar-refractivity contribution >= 4 is 17.0 Å². The number of nitrogens with zero attached hydrogens (tertiary/aromatic N) is 2. The van der Waals surface area contributed by atoms with E-state index in [1.165, 1.54) is 17.7 Å². The van der Waals surface area contributed by atoms with Crippen LogP contribution in [-0.4, -0.2) is 64.0 Å². The van der Waals surface area contributed by atoms with Crippen molar-refractivity contribution in [3.8, 4) is 34.0 Å². The molecule has 0 radical (unpaired) electrons. The Balaban J connectivity index is 1.15. The van der Waals surface area contributed by atoms with Crippen LogP contribution in [0.4, 0.5) is 8.78 Å². The van der Waals surface area contributed by atoms with Crippen molar-refractivity contribution in [2.45, 2.75) is 13.5 Å². The van der Waals surface area contributed by atoms with Crippen molar-refractivity contribution < 1.29 is 33.3 Å². The highest BCUT2D eigenvalue weighted by atomic mass is 19.1. The van der Waals surface area contributed by atoms with Crippen LogP contribution in [0.1, 0.15) is 21.5 Å². The van der Waals surface area contributed by atoms with Gasteiger partial charge in [-0.15, -0.1) is 0 Å². The highest BCUT2D eigenvalue weighted by Crippen LogP contribution is 2.34. The lowest BCUT2D eigenvalue weighted by atomic mass is 9.97. The first-order chi connectivity index (χ1) is 21.3. The molecule has 0 bridgehead atoms. The minimum absolute atomic E-state index is 0.0482. The fraction of sp³-hybridized carbons (Fsp3) is 0.235. The first-order valence-corrected chi connectivity index (χ1v) is 14.3. The van der Waals surface area contributed by atoms with Crippen molar-refractivity contribution in [3.63, 3.8) is 0 Å². The third kappa shape index (κ3) is 6.19. The van der Waals surface area contributed by atoms with Crippen LogP contribution in [0.2, 0.25) is 0 Å². The predicted molar refractivity (Wildman–Crippen MR) is 162 cm³/mol. The molecule has 0 unspecified atom stereocenters. The van der Waals surface area contributed by atoms with Crippen molar-refractivity contribution in [3.05, 3.63) is 101 Å². The monoisotopic (exact) mass is 599 g/mol. The van der Waals surface area contributed by atoms with E-state index in [0.717, 1.165) is 30.8 Å². The molecular weight excluding hydrogens is 568 g/mol. The number of fused-ring (bicyclic) bond motifs is 1. The highest BCUT2D eigenvalue weighted by molar-refractivity contribution is 5.90. The zero-order chi connectivity index (χ0) is 30.8. The summed E-state index contributed by atoms with van der Waals surface area (Å²) in [5.74, 6) is -1.97. The molecule has 0 atom stereocenters. The second kappa shape index (κ2) is 12.5. The molecule has 3 N–H and O–H groups in total. The molecule has 0 aliphatic carbocycles. The van der Waals surface area contributed by atoms with E-state index in [1.807, 2.05) is 24.3 Å². The summed E-state index contributed by atoms with van der Waals surface area (Å²) in [5, 5.41) is 18.2. The van der Waals surface area contributed by atoms with Gasteiger partial charge in [-0.05, 0) is 46.9 Å². The van der Waals surface area contributed by atoms with Gasteiger partial charge in [0.2, 0.25) is 0 Å². The largest absolute Gasteiger partial charge is 0.478 e. The second-order valence-electron chi connectivity index (χ2n) is 11.0.